The summed E-state index contributed by atoms with van der Waals surface area (Å²) in [5.74, 6) is 1.58. The van der Waals surface area contributed by atoms with Gasteiger partial charge in [0.1, 0.15) is 0 Å². The summed E-state index contributed by atoms with van der Waals surface area (Å²) in [4.78, 5) is 0. The lowest BCUT2D eigenvalue weighted by Crippen LogP contribution is -2.03. The second-order valence-electron chi connectivity index (χ2n) is 9.77. The van der Waals surface area contributed by atoms with Gasteiger partial charge in [-0.25, -0.2) is 0 Å². The van der Waals surface area contributed by atoms with Crippen molar-refractivity contribution in [3.05, 3.63) is 29.3 Å². The summed E-state index contributed by atoms with van der Waals surface area (Å²) in [5, 5.41) is 9.42. The lowest BCUT2D eigenvalue weighted by atomic mass is 10.1. The molecule has 4 heteroatoms. The van der Waals surface area contributed by atoms with Crippen LogP contribution >= 0.6 is 0 Å². The fourth-order valence-electron chi connectivity index (χ4n) is 4.20. The van der Waals surface area contributed by atoms with E-state index in [-0.39, 0.29) is 0 Å². The molecule has 1 aromatic rings. The van der Waals surface area contributed by atoms with Crippen molar-refractivity contribution in [3.8, 4) is 17.6 Å². The molecule has 0 unspecified atom stereocenters. The Bertz CT molecular complexity index is 723. The van der Waals surface area contributed by atoms with E-state index in [0.717, 1.165) is 29.9 Å². The Hall–Kier alpha value is -1.99. The first-order valence-corrected chi connectivity index (χ1v) is 14.8. The molecule has 0 aromatic heterocycles. The Labute approximate surface area is 222 Å². The van der Waals surface area contributed by atoms with Crippen molar-refractivity contribution in [1.29, 1.82) is 5.26 Å². The number of ether oxygens (including phenoxy) is 3. The Kier molecular flexibility index (Phi) is 20.8. The third-order valence-electron chi connectivity index (χ3n) is 6.42. The maximum atomic E-state index is 9.42. The molecule has 36 heavy (non-hydrogen) atoms. The van der Waals surface area contributed by atoms with E-state index in [0.29, 0.717) is 32.0 Å². The van der Waals surface area contributed by atoms with Gasteiger partial charge in [-0.3, -0.25) is 0 Å². The molecule has 0 saturated heterocycles. The minimum atomic E-state index is 0.331. The molecule has 0 atom stereocenters. The molecule has 4 nitrogen and oxygen atoms in total. The smallest absolute Gasteiger partial charge is 0.161 e. The Morgan fingerprint density at radius 2 is 1.19 bits per heavy atom. The number of hydrogen-bond donors (Lipinski definition) is 0. The molecule has 0 aliphatic rings. The quantitative estimate of drug-likeness (QED) is 0.105. The van der Waals surface area contributed by atoms with Gasteiger partial charge in [0.15, 0.2) is 11.5 Å². The Morgan fingerprint density at radius 3 is 1.69 bits per heavy atom. The van der Waals surface area contributed by atoms with Gasteiger partial charge in [-0.05, 0) is 43.5 Å². The van der Waals surface area contributed by atoms with Gasteiger partial charge in [-0.1, -0.05) is 110 Å². The first kappa shape index (κ1) is 32.0. The normalized spacial score (nSPS) is 11.4. The van der Waals surface area contributed by atoms with Crippen LogP contribution in [-0.2, 0) is 4.74 Å². The molecule has 0 aliphatic heterocycles. The highest BCUT2D eigenvalue weighted by Crippen LogP contribution is 2.30. The molecular weight excluding hydrogens is 446 g/mol. The van der Waals surface area contributed by atoms with Gasteiger partial charge >= 0.3 is 0 Å². The van der Waals surface area contributed by atoms with Crippen LogP contribution in [0.4, 0.5) is 0 Å². The van der Waals surface area contributed by atoms with Crippen molar-refractivity contribution < 1.29 is 14.2 Å². The standard InChI is InChI=1S/C32H53NO3/c1-4-7-9-11-13-15-17-19-23-35-31-22-21-29(25-30(27-33)28-34-6-3)26-32(31)36-24-20-18-16-14-12-10-8-5-2/h21-22,25-26H,4-20,23-24,28H2,1-3H3. The van der Waals surface area contributed by atoms with Crippen molar-refractivity contribution >= 4 is 6.08 Å². The highest BCUT2D eigenvalue weighted by molar-refractivity contribution is 5.61. The van der Waals surface area contributed by atoms with E-state index in [1.807, 2.05) is 31.2 Å². The molecular formula is C32H53NO3. The SMILES string of the molecule is CCCCCCCCCCOc1ccc(C=C(C#N)COCC)cc1OCCCCCCCCCC. The number of nitrogens with zero attached hydrogens (tertiary/aromatic N) is 1. The van der Waals surface area contributed by atoms with E-state index in [4.69, 9.17) is 14.2 Å². The molecule has 0 bridgehead atoms. The van der Waals surface area contributed by atoms with E-state index >= 15 is 0 Å². The number of unbranched alkanes of at least 4 members (excludes halogenated alkanes) is 14. The lowest BCUT2D eigenvalue weighted by molar-refractivity contribution is 0.174. The zero-order valence-corrected chi connectivity index (χ0v) is 23.6. The molecule has 204 valence electrons. The highest BCUT2D eigenvalue weighted by Gasteiger charge is 2.08. The van der Waals surface area contributed by atoms with Crippen LogP contribution in [-0.4, -0.2) is 26.4 Å². The predicted molar refractivity (Wildman–Crippen MR) is 153 cm³/mol. The summed E-state index contributed by atoms with van der Waals surface area (Å²) in [5.41, 5.74) is 1.55. The van der Waals surface area contributed by atoms with Gasteiger partial charge in [0.05, 0.1) is 31.5 Å². The van der Waals surface area contributed by atoms with Crippen molar-refractivity contribution in [2.75, 3.05) is 26.4 Å². The van der Waals surface area contributed by atoms with Crippen LogP contribution in [0.15, 0.2) is 23.8 Å². The molecule has 0 heterocycles. The third-order valence-corrected chi connectivity index (χ3v) is 6.42. The summed E-state index contributed by atoms with van der Waals surface area (Å²) >= 11 is 0. The van der Waals surface area contributed by atoms with Gasteiger partial charge in [0, 0.05) is 6.61 Å². The molecule has 0 amide bonds. The van der Waals surface area contributed by atoms with Gasteiger partial charge < -0.3 is 14.2 Å². The van der Waals surface area contributed by atoms with E-state index in [1.54, 1.807) is 0 Å². The Balaban J connectivity index is 2.56. The second kappa shape index (κ2) is 23.4. The van der Waals surface area contributed by atoms with Gasteiger partial charge in [-0.2, -0.15) is 5.26 Å². The fourth-order valence-corrected chi connectivity index (χ4v) is 4.20. The molecule has 0 N–H and O–H groups in total. The van der Waals surface area contributed by atoms with Crippen LogP contribution in [0.25, 0.3) is 6.08 Å². The molecule has 0 aliphatic carbocycles. The van der Waals surface area contributed by atoms with E-state index in [1.165, 1.54) is 89.9 Å². The van der Waals surface area contributed by atoms with Crippen LogP contribution < -0.4 is 9.47 Å². The van der Waals surface area contributed by atoms with Crippen LogP contribution in [0.5, 0.6) is 11.5 Å². The summed E-state index contributed by atoms with van der Waals surface area (Å²) in [6.45, 7) is 8.79. The average molecular weight is 500 g/mol. The minimum Gasteiger partial charge on any atom is -0.490 e. The van der Waals surface area contributed by atoms with Gasteiger partial charge in [-0.15, -0.1) is 0 Å². The van der Waals surface area contributed by atoms with Gasteiger partial charge in [0.25, 0.3) is 0 Å². The summed E-state index contributed by atoms with van der Waals surface area (Å²) < 4.78 is 17.7. The molecule has 1 aromatic carbocycles. The molecule has 0 spiro atoms. The average Bonchev–Trinajstić information content (AvgIpc) is 2.90. The van der Waals surface area contributed by atoms with Crippen LogP contribution in [0.1, 0.15) is 129 Å². The summed E-state index contributed by atoms with van der Waals surface area (Å²) in [6.07, 6.45) is 22.4. The van der Waals surface area contributed by atoms with Crippen molar-refractivity contribution in [2.45, 2.75) is 124 Å². The summed E-state index contributed by atoms with van der Waals surface area (Å²) in [7, 11) is 0. The topological polar surface area (TPSA) is 51.5 Å². The number of hydrogen-bond acceptors (Lipinski definition) is 4. The van der Waals surface area contributed by atoms with Crippen LogP contribution in [0.2, 0.25) is 0 Å². The molecule has 0 radical (unpaired) electrons. The van der Waals surface area contributed by atoms with E-state index in [9.17, 15) is 5.26 Å². The number of nitriles is 1. The van der Waals surface area contributed by atoms with Crippen LogP contribution in [0, 0.1) is 11.3 Å². The first-order valence-electron chi connectivity index (χ1n) is 14.8. The zero-order valence-electron chi connectivity index (χ0n) is 23.6. The van der Waals surface area contributed by atoms with Crippen molar-refractivity contribution in [2.24, 2.45) is 0 Å². The third kappa shape index (κ3) is 16.6. The molecule has 1 rings (SSSR count). The van der Waals surface area contributed by atoms with Gasteiger partial charge in [0.2, 0.25) is 0 Å². The van der Waals surface area contributed by atoms with E-state index < -0.39 is 0 Å². The van der Waals surface area contributed by atoms with Crippen LogP contribution in [0.3, 0.4) is 0 Å². The second-order valence-corrected chi connectivity index (χ2v) is 9.77. The largest absolute Gasteiger partial charge is 0.490 e. The fraction of sp³-hybridized carbons (Fsp3) is 0.719. The lowest BCUT2D eigenvalue weighted by Gasteiger charge is -2.14. The maximum Gasteiger partial charge on any atom is 0.161 e. The number of rotatable bonds is 24. The number of benzene rings is 1. The maximum absolute atomic E-state index is 9.42. The minimum absolute atomic E-state index is 0.331. The molecule has 0 saturated carbocycles. The zero-order chi connectivity index (χ0) is 26.1. The first-order chi connectivity index (χ1) is 17.7. The van der Waals surface area contributed by atoms with Crippen molar-refractivity contribution in [1.82, 2.24) is 0 Å². The van der Waals surface area contributed by atoms with Crippen molar-refractivity contribution in [3.63, 3.8) is 0 Å². The monoisotopic (exact) mass is 499 g/mol. The summed E-state index contributed by atoms with van der Waals surface area (Å²) in [6, 6.07) is 8.21. The Morgan fingerprint density at radius 1 is 0.694 bits per heavy atom. The molecule has 0 fully saturated rings. The predicted octanol–water partition coefficient (Wildman–Crippen LogP) is 9.67. The van der Waals surface area contributed by atoms with E-state index in [2.05, 4.69) is 19.9 Å². The highest BCUT2D eigenvalue weighted by atomic mass is 16.5.